The molecule has 2 fully saturated rings. The highest BCUT2D eigenvalue weighted by molar-refractivity contribution is 5.84. The van der Waals surface area contributed by atoms with Gasteiger partial charge in [0, 0.05) is 38.6 Å². The van der Waals surface area contributed by atoms with Crippen LogP contribution in [0.4, 0.5) is 0 Å². The van der Waals surface area contributed by atoms with Crippen molar-refractivity contribution in [1.29, 1.82) is 0 Å². The van der Waals surface area contributed by atoms with E-state index in [-0.39, 0.29) is 5.41 Å². The van der Waals surface area contributed by atoms with Gasteiger partial charge < -0.3 is 14.5 Å². The first kappa shape index (κ1) is 19.0. The van der Waals surface area contributed by atoms with Crippen LogP contribution in [0.5, 0.6) is 5.75 Å². The first-order valence-electron chi connectivity index (χ1n) is 10.3. The van der Waals surface area contributed by atoms with Crippen molar-refractivity contribution in [2.24, 2.45) is 5.41 Å². The van der Waals surface area contributed by atoms with Crippen molar-refractivity contribution < 1.29 is 9.53 Å². The van der Waals surface area contributed by atoms with Crippen LogP contribution < -0.4 is 4.74 Å². The van der Waals surface area contributed by atoms with Crippen molar-refractivity contribution in [2.75, 3.05) is 33.3 Å². The van der Waals surface area contributed by atoms with Crippen LogP contribution in [-0.4, -0.2) is 58.8 Å². The van der Waals surface area contributed by atoms with E-state index in [2.05, 4.69) is 21.0 Å². The predicted octanol–water partition coefficient (Wildman–Crippen LogP) is 2.80. The number of amides is 1. The second-order valence-electron chi connectivity index (χ2n) is 8.11. The van der Waals surface area contributed by atoms with Gasteiger partial charge in [0.1, 0.15) is 5.75 Å². The van der Waals surface area contributed by atoms with Crippen LogP contribution in [0.2, 0.25) is 0 Å². The fraction of sp³-hybridized carbons (Fsp3) is 0.545. The molecule has 1 aromatic heterocycles. The Morgan fingerprint density at radius 2 is 2.11 bits per heavy atom. The van der Waals surface area contributed by atoms with Gasteiger partial charge in [-0.3, -0.25) is 9.48 Å². The summed E-state index contributed by atoms with van der Waals surface area (Å²) in [5.41, 5.74) is 0.960. The molecule has 6 heteroatoms. The van der Waals surface area contributed by atoms with Crippen molar-refractivity contribution in [3.63, 3.8) is 0 Å². The van der Waals surface area contributed by atoms with Gasteiger partial charge >= 0.3 is 0 Å². The fourth-order valence-electron chi connectivity index (χ4n) is 4.71. The monoisotopic (exact) mass is 382 g/mol. The van der Waals surface area contributed by atoms with E-state index in [0.29, 0.717) is 12.5 Å². The highest BCUT2D eigenvalue weighted by Gasteiger charge is 2.47. The molecule has 0 bridgehead atoms. The molecule has 28 heavy (non-hydrogen) atoms. The van der Waals surface area contributed by atoms with E-state index in [1.807, 2.05) is 41.3 Å². The van der Waals surface area contributed by atoms with Gasteiger partial charge in [0.05, 0.1) is 12.5 Å². The third kappa shape index (κ3) is 4.07. The van der Waals surface area contributed by atoms with Crippen LogP contribution in [0.1, 0.15) is 31.2 Å². The Hall–Kier alpha value is -2.34. The van der Waals surface area contributed by atoms with Gasteiger partial charge in [0.25, 0.3) is 0 Å². The number of nitrogens with zero attached hydrogens (tertiary/aromatic N) is 4. The van der Waals surface area contributed by atoms with Gasteiger partial charge in [-0.2, -0.15) is 5.10 Å². The maximum atomic E-state index is 13.4. The maximum Gasteiger partial charge on any atom is 0.230 e. The van der Waals surface area contributed by atoms with Crippen LogP contribution in [0.3, 0.4) is 0 Å². The zero-order valence-electron chi connectivity index (χ0n) is 16.7. The molecule has 3 heterocycles. The first-order chi connectivity index (χ1) is 13.7. The van der Waals surface area contributed by atoms with Crippen LogP contribution >= 0.6 is 0 Å². The second-order valence-corrected chi connectivity index (χ2v) is 8.11. The summed E-state index contributed by atoms with van der Waals surface area (Å²) in [4.78, 5) is 17.9. The quantitative estimate of drug-likeness (QED) is 0.739. The fourth-order valence-corrected chi connectivity index (χ4v) is 4.71. The Labute approximate surface area is 167 Å². The number of carbonyl (C=O) groups excluding carboxylic acids is 1. The number of rotatable bonds is 7. The van der Waals surface area contributed by atoms with E-state index >= 15 is 0 Å². The molecular formula is C22H30N4O2. The zero-order valence-corrected chi connectivity index (χ0v) is 16.7. The molecule has 6 nitrogen and oxygen atoms in total. The molecule has 0 radical (unpaired) electrons. The summed E-state index contributed by atoms with van der Waals surface area (Å²) in [5.74, 6) is 1.19. The van der Waals surface area contributed by atoms with Crippen molar-refractivity contribution in [3.05, 3.63) is 48.3 Å². The highest BCUT2D eigenvalue weighted by atomic mass is 16.5. The van der Waals surface area contributed by atoms with Gasteiger partial charge in [-0.1, -0.05) is 12.1 Å². The molecule has 1 spiro atoms. The number of piperidine rings is 1. The van der Waals surface area contributed by atoms with E-state index in [1.54, 1.807) is 7.11 Å². The summed E-state index contributed by atoms with van der Waals surface area (Å²) >= 11 is 0. The van der Waals surface area contributed by atoms with E-state index in [0.717, 1.165) is 69.7 Å². The Balaban J connectivity index is 1.34. The topological polar surface area (TPSA) is 50.6 Å². The van der Waals surface area contributed by atoms with Crippen LogP contribution in [0.25, 0.3) is 0 Å². The molecule has 2 saturated heterocycles. The second kappa shape index (κ2) is 8.35. The number of likely N-dealkylation sites (tertiary alicyclic amines) is 2. The third-order valence-corrected chi connectivity index (χ3v) is 6.19. The van der Waals surface area contributed by atoms with Crippen molar-refractivity contribution in [3.8, 4) is 5.75 Å². The predicted molar refractivity (Wildman–Crippen MR) is 108 cm³/mol. The smallest absolute Gasteiger partial charge is 0.230 e. The normalized spacial score (nSPS) is 22.9. The van der Waals surface area contributed by atoms with Crippen LogP contribution in [0.15, 0.2) is 42.7 Å². The maximum absolute atomic E-state index is 13.4. The average molecular weight is 383 g/mol. The largest absolute Gasteiger partial charge is 0.497 e. The summed E-state index contributed by atoms with van der Waals surface area (Å²) in [6.45, 7) is 5.43. The SMILES string of the molecule is COc1cccc(CN2CCCC3(CCN(CCCn4cccn4)C3)C2=O)c1. The van der Waals surface area contributed by atoms with E-state index in [4.69, 9.17) is 4.74 Å². The number of aryl methyl sites for hydroxylation is 1. The first-order valence-corrected chi connectivity index (χ1v) is 10.3. The number of carbonyl (C=O) groups is 1. The molecule has 1 unspecified atom stereocenters. The van der Waals surface area contributed by atoms with Gasteiger partial charge in [0.15, 0.2) is 0 Å². The lowest BCUT2D eigenvalue weighted by Gasteiger charge is -2.39. The molecule has 0 aliphatic carbocycles. The van der Waals surface area contributed by atoms with Crippen molar-refractivity contribution in [1.82, 2.24) is 19.6 Å². The van der Waals surface area contributed by atoms with Gasteiger partial charge in [0.2, 0.25) is 5.91 Å². The lowest BCUT2D eigenvalue weighted by atomic mass is 9.78. The van der Waals surface area contributed by atoms with Crippen LogP contribution in [0, 0.1) is 5.41 Å². The molecular weight excluding hydrogens is 352 g/mol. The number of ether oxygens (including phenoxy) is 1. The minimum absolute atomic E-state index is 0.178. The van der Waals surface area contributed by atoms with Crippen molar-refractivity contribution in [2.45, 2.75) is 38.8 Å². The highest BCUT2D eigenvalue weighted by Crippen LogP contribution is 2.40. The summed E-state index contributed by atoms with van der Waals surface area (Å²) < 4.78 is 7.31. The van der Waals surface area contributed by atoms with Crippen molar-refractivity contribution >= 4 is 5.91 Å². The molecule has 150 valence electrons. The summed E-state index contributed by atoms with van der Waals surface area (Å²) in [7, 11) is 1.68. The summed E-state index contributed by atoms with van der Waals surface area (Å²) in [5, 5.41) is 4.27. The number of benzene rings is 1. The standard InChI is InChI=1S/C22H30N4O2/c1-28-20-7-2-6-19(16-20)17-25-12-3-8-22(21(25)27)9-15-24(18-22)11-5-14-26-13-4-10-23-26/h2,4,6-7,10,13,16H,3,5,8-9,11-12,14-15,17-18H2,1H3. The van der Waals surface area contributed by atoms with Gasteiger partial charge in [-0.15, -0.1) is 0 Å². The van der Waals surface area contributed by atoms with Gasteiger partial charge in [-0.05, 0) is 62.5 Å². The summed E-state index contributed by atoms with van der Waals surface area (Å²) in [6, 6.07) is 10.0. The van der Waals surface area contributed by atoms with E-state index in [1.165, 1.54) is 0 Å². The summed E-state index contributed by atoms with van der Waals surface area (Å²) in [6.07, 6.45) is 8.00. The minimum atomic E-state index is -0.178. The minimum Gasteiger partial charge on any atom is -0.497 e. The van der Waals surface area contributed by atoms with Gasteiger partial charge in [-0.25, -0.2) is 0 Å². The Bertz CT molecular complexity index is 792. The van der Waals surface area contributed by atoms with Crippen LogP contribution in [-0.2, 0) is 17.9 Å². The average Bonchev–Trinajstić information content (AvgIpc) is 3.37. The lowest BCUT2D eigenvalue weighted by Crippen LogP contribution is -2.49. The molecule has 2 aliphatic heterocycles. The molecule has 2 aromatic rings. The Morgan fingerprint density at radius 1 is 1.18 bits per heavy atom. The Morgan fingerprint density at radius 3 is 2.93 bits per heavy atom. The number of hydrogen-bond acceptors (Lipinski definition) is 4. The molecule has 1 amide bonds. The Kier molecular flexibility index (Phi) is 5.67. The number of aromatic nitrogens is 2. The number of methoxy groups -OCH3 is 1. The molecule has 4 rings (SSSR count). The lowest BCUT2D eigenvalue weighted by molar-refractivity contribution is -0.146. The third-order valence-electron chi connectivity index (χ3n) is 6.19. The van der Waals surface area contributed by atoms with E-state index < -0.39 is 0 Å². The molecule has 1 atom stereocenters. The molecule has 0 saturated carbocycles. The number of hydrogen-bond donors (Lipinski definition) is 0. The molecule has 0 N–H and O–H groups in total. The molecule has 2 aliphatic rings. The molecule has 1 aromatic carbocycles. The van der Waals surface area contributed by atoms with E-state index in [9.17, 15) is 4.79 Å². The zero-order chi connectivity index (χ0) is 19.4.